The first-order valence-corrected chi connectivity index (χ1v) is 5.39. The standard InChI is InChI=1S/C12H15F3N2/c1-17(2)10-4-3-8(13)5-9(10)11(7-16)6-12(11,14)15/h3-5H,6-7,16H2,1-2H3. The van der Waals surface area contributed by atoms with Crippen LogP contribution < -0.4 is 10.6 Å². The maximum Gasteiger partial charge on any atom is 0.260 e. The van der Waals surface area contributed by atoms with E-state index in [-0.39, 0.29) is 13.0 Å². The Labute approximate surface area is 98.2 Å². The Kier molecular flexibility index (Phi) is 2.61. The second-order valence-corrected chi connectivity index (χ2v) is 4.72. The first kappa shape index (κ1) is 12.2. The number of alkyl halides is 2. The van der Waals surface area contributed by atoms with Gasteiger partial charge in [0.1, 0.15) is 5.82 Å². The lowest BCUT2D eigenvalue weighted by Gasteiger charge is -2.23. The van der Waals surface area contributed by atoms with Gasteiger partial charge in [0.2, 0.25) is 0 Å². The molecule has 0 amide bonds. The lowest BCUT2D eigenvalue weighted by Crippen LogP contribution is -2.29. The van der Waals surface area contributed by atoms with Crippen LogP contribution in [0.2, 0.25) is 0 Å². The van der Waals surface area contributed by atoms with Crippen LogP contribution in [0, 0.1) is 5.82 Å². The zero-order valence-corrected chi connectivity index (χ0v) is 9.80. The molecule has 0 saturated heterocycles. The largest absolute Gasteiger partial charge is 0.377 e. The summed E-state index contributed by atoms with van der Waals surface area (Å²) >= 11 is 0. The van der Waals surface area contributed by atoms with E-state index in [4.69, 9.17) is 5.73 Å². The molecule has 1 unspecified atom stereocenters. The van der Waals surface area contributed by atoms with Crippen molar-refractivity contribution >= 4 is 5.69 Å². The first-order valence-electron chi connectivity index (χ1n) is 5.39. The van der Waals surface area contributed by atoms with Crippen LogP contribution in [0.4, 0.5) is 18.9 Å². The maximum atomic E-state index is 13.5. The Balaban J connectivity index is 2.55. The third-order valence-corrected chi connectivity index (χ3v) is 3.40. The second kappa shape index (κ2) is 3.63. The third kappa shape index (κ3) is 1.69. The summed E-state index contributed by atoms with van der Waals surface area (Å²) in [6.45, 7) is -0.176. The highest BCUT2D eigenvalue weighted by atomic mass is 19.3. The zero-order chi connectivity index (χ0) is 12.8. The highest BCUT2D eigenvalue weighted by Crippen LogP contribution is 2.62. The summed E-state index contributed by atoms with van der Waals surface area (Å²) in [4.78, 5) is 1.70. The van der Waals surface area contributed by atoms with Crippen molar-refractivity contribution in [3.8, 4) is 0 Å². The molecule has 2 nitrogen and oxygen atoms in total. The molecule has 94 valence electrons. The van der Waals surface area contributed by atoms with Crippen molar-refractivity contribution in [1.29, 1.82) is 0 Å². The molecule has 1 aromatic rings. The number of nitrogens with two attached hydrogens (primary N) is 1. The van der Waals surface area contributed by atoms with Crippen LogP contribution in [0.25, 0.3) is 0 Å². The fourth-order valence-corrected chi connectivity index (χ4v) is 2.24. The molecular weight excluding hydrogens is 229 g/mol. The third-order valence-electron chi connectivity index (χ3n) is 3.40. The lowest BCUT2D eigenvalue weighted by molar-refractivity contribution is 0.0896. The van der Waals surface area contributed by atoms with E-state index in [9.17, 15) is 13.2 Å². The molecule has 5 heteroatoms. The molecule has 0 spiro atoms. The van der Waals surface area contributed by atoms with Crippen molar-refractivity contribution < 1.29 is 13.2 Å². The van der Waals surface area contributed by atoms with Crippen LogP contribution in [-0.2, 0) is 5.41 Å². The van der Waals surface area contributed by atoms with Gasteiger partial charge in [-0.15, -0.1) is 0 Å². The van der Waals surface area contributed by atoms with Crippen molar-refractivity contribution in [3.05, 3.63) is 29.6 Å². The van der Waals surface area contributed by atoms with Gasteiger partial charge >= 0.3 is 0 Å². The molecule has 2 rings (SSSR count). The monoisotopic (exact) mass is 244 g/mol. The Morgan fingerprint density at radius 3 is 2.35 bits per heavy atom. The van der Waals surface area contributed by atoms with E-state index in [0.29, 0.717) is 11.3 Å². The normalized spacial score (nSPS) is 25.8. The van der Waals surface area contributed by atoms with Gasteiger partial charge in [0.05, 0.1) is 5.41 Å². The summed E-state index contributed by atoms with van der Waals surface area (Å²) < 4.78 is 40.2. The van der Waals surface area contributed by atoms with Crippen molar-refractivity contribution in [3.63, 3.8) is 0 Å². The van der Waals surface area contributed by atoms with Gasteiger partial charge in [-0.1, -0.05) is 0 Å². The van der Waals surface area contributed by atoms with E-state index in [1.165, 1.54) is 18.2 Å². The van der Waals surface area contributed by atoms with Crippen LogP contribution in [-0.4, -0.2) is 26.6 Å². The van der Waals surface area contributed by atoms with Gasteiger partial charge in [0, 0.05) is 32.7 Å². The SMILES string of the molecule is CN(C)c1ccc(F)cc1C1(CN)CC1(F)F. The predicted octanol–water partition coefficient (Wildman–Crippen LogP) is 2.13. The van der Waals surface area contributed by atoms with Gasteiger partial charge in [0.15, 0.2) is 0 Å². The molecule has 2 N–H and O–H groups in total. The maximum absolute atomic E-state index is 13.5. The number of rotatable bonds is 3. The molecule has 0 bridgehead atoms. The van der Waals surface area contributed by atoms with E-state index < -0.39 is 17.2 Å². The molecule has 1 fully saturated rings. The van der Waals surface area contributed by atoms with Crippen LogP contribution in [0.1, 0.15) is 12.0 Å². The van der Waals surface area contributed by atoms with E-state index in [1.807, 2.05) is 0 Å². The van der Waals surface area contributed by atoms with Crippen molar-refractivity contribution in [2.24, 2.45) is 5.73 Å². The number of hydrogen-bond acceptors (Lipinski definition) is 2. The summed E-state index contributed by atoms with van der Waals surface area (Å²) in [7, 11) is 3.48. The van der Waals surface area contributed by atoms with Crippen molar-refractivity contribution in [1.82, 2.24) is 0 Å². The van der Waals surface area contributed by atoms with E-state index >= 15 is 0 Å². The highest BCUT2D eigenvalue weighted by Gasteiger charge is 2.71. The fourth-order valence-electron chi connectivity index (χ4n) is 2.24. The number of benzene rings is 1. The summed E-state index contributed by atoms with van der Waals surface area (Å²) in [5.41, 5.74) is 4.97. The fraction of sp³-hybridized carbons (Fsp3) is 0.500. The zero-order valence-electron chi connectivity index (χ0n) is 9.80. The molecule has 0 aliphatic heterocycles. The molecule has 0 radical (unpaired) electrons. The second-order valence-electron chi connectivity index (χ2n) is 4.72. The Morgan fingerprint density at radius 2 is 1.94 bits per heavy atom. The summed E-state index contributed by atoms with van der Waals surface area (Å²) in [5.74, 6) is -3.35. The molecule has 17 heavy (non-hydrogen) atoms. The Morgan fingerprint density at radius 1 is 1.35 bits per heavy atom. The minimum Gasteiger partial charge on any atom is -0.377 e. The Bertz CT molecular complexity index is 445. The smallest absolute Gasteiger partial charge is 0.260 e. The average molecular weight is 244 g/mol. The van der Waals surface area contributed by atoms with E-state index in [0.717, 1.165) is 0 Å². The predicted molar refractivity (Wildman–Crippen MR) is 61.0 cm³/mol. The van der Waals surface area contributed by atoms with Crippen molar-refractivity contribution in [2.45, 2.75) is 17.8 Å². The molecule has 1 aliphatic carbocycles. The van der Waals surface area contributed by atoms with Crippen molar-refractivity contribution in [2.75, 3.05) is 25.5 Å². The number of hydrogen-bond donors (Lipinski definition) is 1. The molecule has 1 aromatic carbocycles. The highest BCUT2D eigenvalue weighted by molar-refractivity contribution is 5.60. The minimum atomic E-state index is -2.83. The topological polar surface area (TPSA) is 29.3 Å². The van der Waals surface area contributed by atoms with Gasteiger partial charge in [-0.2, -0.15) is 0 Å². The summed E-state index contributed by atoms with van der Waals surface area (Å²) in [5, 5.41) is 0. The van der Waals surface area contributed by atoms with Gasteiger partial charge in [0.25, 0.3) is 5.92 Å². The first-order chi connectivity index (χ1) is 7.84. The number of anilines is 1. The van der Waals surface area contributed by atoms with Crippen LogP contribution in [0.5, 0.6) is 0 Å². The van der Waals surface area contributed by atoms with Gasteiger partial charge < -0.3 is 10.6 Å². The number of nitrogens with zero attached hydrogens (tertiary/aromatic N) is 1. The average Bonchev–Trinajstić information content (AvgIpc) is 2.81. The summed E-state index contributed by atoms with van der Waals surface area (Å²) in [6.07, 6.45) is -0.305. The molecule has 1 atom stereocenters. The Hall–Kier alpha value is -1.23. The summed E-state index contributed by atoms with van der Waals surface area (Å²) in [6, 6.07) is 3.95. The van der Waals surface area contributed by atoms with Gasteiger partial charge in [-0.25, -0.2) is 13.2 Å². The van der Waals surface area contributed by atoms with E-state index in [2.05, 4.69) is 0 Å². The molecule has 1 saturated carbocycles. The van der Waals surface area contributed by atoms with Crippen LogP contribution in [0.15, 0.2) is 18.2 Å². The number of halogens is 3. The minimum absolute atomic E-state index is 0.176. The van der Waals surface area contributed by atoms with E-state index in [1.54, 1.807) is 19.0 Å². The van der Waals surface area contributed by atoms with Crippen LogP contribution in [0.3, 0.4) is 0 Å². The van der Waals surface area contributed by atoms with Gasteiger partial charge in [-0.3, -0.25) is 0 Å². The molecule has 1 aliphatic rings. The quantitative estimate of drug-likeness (QED) is 0.882. The lowest BCUT2D eigenvalue weighted by atomic mass is 9.93. The van der Waals surface area contributed by atoms with Gasteiger partial charge in [-0.05, 0) is 23.8 Å². The molecule has 0 aromatic heterocycles. The van der Waals surface area contributed by atoms with Crippen LogP contribution >= 0.6 is 0 Å². The molecular formula is C12H15F3N2. The molecule has 0 heterocycles.